The first-order valence-corrected chi connectivity index (χ1v) is 7.98. The van der Waals surface area contributed by atoms with Crippen LogP contribution in [0.15, 0.2) is 0 Å². The molecule has 0 aliphatic carbocycles. The molecule has 3 unspecified atom stereocenters. The molecule has 0 spiro atoms. The second-order valence-corrected chi connectivity index (χ2v) is 6.01. The largest absolute Gasteiger partial charge is 0.322 e. The molecule has 0 saturated carbocycles. The van der Waals surface area contributed by atoms with Crippen molar-refractivity contribution >= 4 is 5.91 Å². The van der Waals surface area contributed by atoms with Gasteiger partial charge in [-0.25, -0.2) is 0 Å². The van der Waals surface area contributed by atoms with E-state index < -0.39 is 0 Å². The number of likely N-dealkylation sites (tertiary alicyclic amines) is 1. The number of hydrogen-bond acceptors (Lipinski definition) is 3. The highest BCUT2D eigenvalue weighted by molar-refractivity contribution is 5.84. The Morgan fingerprint density at radius 2 is 1.89 bits per heavy atom. The molecule has 2 aliphatic rings. The average Bonchev–Trinajstić information content (AvgIpc) is 2.76. The zero-order valence-electron chi connectivity index (χ0n) is 12.7. The van der Waals surface area contributed by atoms with E-state index in [1.807, 2.05) is 0 Å². The highest BCUT2D eigenvalue weighted by Gasteiger charge is 2.39. The molecule has 110 valence electrons. The molecule has 2 rings (SSSR count). The zero-order valence-corrected chi connectivity index (χ0v) is 12.7. The number of rotatable bonds is 5. The van der Waals surface area contributed by atoms with Crippen molar-refractivity contribution in [2.45, 2.75) is 71.1 Å². The van der Waals surface area contributed by atoms with E-state index in [1.54, 1.807) is 0 Å². The lowest BCUT2D eigenvalue weighted by Gasteiger charge is -2.35. The van der Waals surface area contributed by atoms with Crippen LogP contribution in [0.4, 0.5) is 0 Å². The maximum absolute atomic E-state index is 12.4. The van der Waals surface area contributed by atoms with Gasteiger partial charge < -0.3 is 9.80 Å². The van der Waals surface area contributed by atoms with Gasteiger partial charge in [0.25, 0.3) is 0 Å². The SMILES string of the molecule is CCC1NC(CC)N(C(C)CN2CCCCC2)C1=O. The van der Waals surface area contributed by atoms with E-state index in [0.29, 0.717) is 11.9 Å². The van der Waals surface area contributed by atoms with Crippen molar-refractivity contribution in [1.82, 2.24) is 15.1 Å². The smallest absolute Gasteiger partial charge is 0.241 e. The minimum absolute atomic E-state index is 0.0359. The molecule has 0 aromatic carbocycles. The van der Waals surface area contributed by atoms with Crippen LogP contribution in [0.25, 0.3) is 0 Å². The fourth-order valence-electron chi connectivity index (χ4n) is 3.45. The number of piperidine rings is 1. The van der Waals surface area contributed by atoms with Crippen molar-refractivity contribution in [2.75, 3.05) is 19.6 Å². The minimum atomic E-state index is 0.0359. The quantitative estimate of drug-likeness (QED) is 0.825. The van der Waals surface area contributed by atoms with Crippen LogP contribution in [-0.4, -0.2) is 53.6 Å². The summed E-state index contributed by atoms with van der Waals surface area (Å²) >= 11 is 0. The number of carbonyl (C=O) groups is 1. The molecule has 19 heavy (non-hydrogen) atoms. The molecule has 2 fully saturated rings. The fourth-order valence-corrected chi connectivity index (χ4v) is 3.45. The summed E-state index contributed by atoms with van der Waals surface area (Å²) in [6, 6.07) is 0.355. The summed E-state index contributed by atoms with van der Waals surface area (Å²) in [6.07, 6.45) is 6.11. The highest BCUT2D eigenvalue weighted by atomic mass is 16.2. The Labute approximate surface area is 117 Å². The summed E-state index contributed by atoms with van der Waals surface area (Å²) in [5.41, 5.74) is 0. The Hall–Kier alpha value is -0.610. The Balaban J connectivity index is 1.95. The molecule has 1 amide bonds. The second kappa shape index (κ2) is 6.71. The summed E-state index contributed by atoms with van der Waals surface area (Å²) in [5, 5.41) is 3.47. The maximum Gasteiger partial charge on any atom is 0.241 e. The van der Waals surface area contributed by atoms with E-state index in [1.165, 1.54) is 32.4 Å². The first-order chi connectivity index (χ1) is 9.17. The van der Waals surface area contributed by atoms with Crippen LogP contribution in [0.3, 0.4) is 0 Å². The van der Waals surface area contributed by atoms with E-state index in [4.69, 9.17) is 0 Å². The van der Waals surface area contributed by atoms with Crippen LogP contribution in [-0.2, 0) is 4.79 Å². The topological polar surface area (TPSA) is 35.6 Å². The maximum atomic E-state index is 12.4. The van der Waals surface area contributed by atoms with Crippen molar-refractivity contribution in [3.8, 4) is 0 Å². The molecular formula is C15H29N3O. The van der Waals surface area contributed by atoms with Crippen LogP contribution in [0.5, 0.6) is 0 Å². The van der Waals surface area contributed by atoms with Gasteiger partial charge in [0.15, 0.2) is 0 Å². The van der Waals surface area contributed by atoms with Crippen LogP contribution >= 0.6 is 0 Å². The van der Waals surface area contributed by atoms with Gasteiger partial charge in [0.05, 0.1) is 12.2 Å². The van der Waals surface area contributed by atoms with E-state index in [-0.39, 0.29) is 12.2 Å². The molecule has 0 aromatic heterocycles. The Morgan fingerprint density at radius 1 is 1.21 bits per heavy atom. The van der Waals surface area contributed by atoms with Crippen molar-refractivity contribution < 1.29 is 4.79 Å². The first-order valence-electron chi connectivity index (χ1n) is 7.98. The molecule has 3 atom stereocenters. The van der Waals surface area contributed by atoms with Crippen molar-refractivity contribution in [3.05, 3.63) is 0 Å². The number of nitrogens with zero attached hydrogens (tertiary/aromatic N) is 2. The van der Waals surface area contributed by atoms with E-state index in [9.17, 15) is 4.79 Å². The fraction of sp³-hybridized carbons (Fsp3) is 0.933. The van der Waals surface area contributed by atoms with Gasteiger partial charge in [-0.3, -0.25) is 10.1 Å². The second-order valence-electron chi connectivity index (χ2n) is 6.01. The molecule has 2 saturated heterocycles. The molecule has 0 bridgehead atoms. The van der Waals surface area contributed by atoms with Crippen LogP contribution in [0, 0.1) is 0 Å². The van der Waals surface area contributed by atoms with E-state index in [0.717, 1.165) is 19.4 Å². The van der Waals surface area contributed by atoms with Crippen molar-refractivity contribution in [1.29, 1.82) is 0 Å². The molecule has 4 heteroatoms. The lowest BCUT2D eigenvalue weighted by atomic mass is 10.1. The third-order valence-electron chi connectivity index (χ3n) is 4.52. The Kier molecular flexibility index (Phi) is 5.22. The normalized spacial score (nSPS) is 30.9. The van der Waals surface area contributed by atoms with Gasteiger partial charge in [-0.1, -0.05) is 20.3 Å². The van der Waals surface area contributed by atoms with Crippen LogP contribution < -0.4 is 5.32 Å². The van der Waals surface area contributed by atoms with Gasteiger partial charge in [0.1, 0.15) is 0 Å². The summed E-state index contributed by atoms with van der Waals surface area (Å²) in [6.45, 7) is 9.88. The third kappa shape index (κ3) is 3.29. The average molecular weight is 267 g/mol. The van der Waals surface area contributed by atoms with E-state index >= 15 is 0 Å². The van der Waals surface area contributed by atoms with E-state index in [2.05, 4.69) is 35.9 Å². The summed E-state index contributed by atoms with van der Waals surface area (Å²) in [5.74, 6) is 0.304. The number of nitrogens with one attached hydrogen (secondary N) is 1. The lowest BCUT2D eigenvalue weighted by Crippen LogP contribution is -2.49. The van der Waals surface area contributed by atoms with Gasteiger partial charge in [0, 0.05) is 12.6 Å². The van der Waals surface area contributed by atoms with Gasteiger partial charge in [-0.2, -0.15) is 0 Å². The molecule has 2 aliphatic heterocycles. The monoisotopic (exact) mass is 267 g/mol. The molecule has 2 heterocycles. The Morgan fingerprint density at radius 3 is 2.47 bits per heavy atom. The molecule has 0 radical (unpaired) electrons. The summed E-state index contributed by atoms with van der Waals surface area (Å²) in [7, 11) is 0. The molecule has 4 nitrogen and oxygen atoms in total. The number of amides is 1. The van der Waals surface area contributed by atoms with Crippen molar-refractivity contribution in [2.24, 2.45) is 0 Å². The summed E-state index contributed by atoms with van der Waals surface area (Å²) in [4.78, 5) is 17.1. The minimum Gasteiger partial charge on any atom is -0.322 e. The van der Waals surface area contributed by atoms with Gasteiger partial charge in [0.2, 0.25) is 5.91 Å². The highest BCUT2D eigenvalue weighted by Crippen LogP contribution is 2.20. The molecule has 1 N–H and O–H groups in total. The van der Waals surface area contributed by atoms with Gasteiger partial charge >= 0.3 is 0 Å². The predicted molar refractivity (Wildman–Crippen MR) is 77.9 cm³/mol. The number of carbonyl (C=O) groups excluding carboxylic acids is 1. The molecular weight excluding hydrogens is 238 g/mol. The van der Waals surface area contributed by atoms with Gasteiger partial charge in [-0.05, 0) is 45.7 Å². The summed E-state index contributed by atoms with van der Waals surface area (Å²) < 4.78 is 0. The van der Waals surface area contributed by atoms with Crippen LogP contribution in [0.2, 0.25) is 0 Å². The Bertz CT molecular complexity index is 302. The van der Waals surface area contributed by atoms with Crippen molar-refractivity contribution in [3.63, 3.8) is 0 Å². The van der Waals surface area contributed by atoms with Crippen LogP contribution in [0.1, 0.15) is 52.9 Å². The standard InChI is InChI=1S/C15H29N3O/c1-4-13-15(19)18(14(5-2)16-13)12(3)11-17-9-7-6-8-10-17/h12-14,16H,4-11H2,1-3H3. The lowest BCUT2D eigenvalue weighted by molar-refractivity contribution is -0.132. The zero-order chi connectivity index (χ0) is 13.8. The molecule has 0 aromatic rings. The third-order valence-corrected chi connectivity index (χ3v) is 4.52. The predicted octanol–water partition coefficient (Wildman–Crippen LogP) is 1.81. The van der Waals surface area contributed by atoms with Gasteiger partial charge in [-0.15, -0.1) is 0 Å². The number of hydrogen-bond donors (Lipinski definition) is 1. The first kappa shape index (κ1) is 14.8.